The van der Waals surface area contributed by atoms with Crippen LogP contribution in [0.3, 0.4) is 0 Å². The van der Waals surface area contributed by atoms with Gasteiger partial charge in [-0.25, -0.2) is 17.9 Å². The predicted molar refractivity (Wildman–Crippen MR) is 107 cm³/mol. The molecule has 0 heterocycles. The Morgan fingerprint density at radius 3 is 2.46 bits per heavy atom. The number of hydrogen-bond acceptors (Lipinski definition) is 4. The number of halogens is 2. The molecule has 3 aromatic rings. The topological polar surface area (TPSA) is 81.4 Å². The van der Waals surface area contributed by atoms with E-state index in [1.165, 1.54) is 24.3 Å². The van der Waals surface area contributed by atoms with Crippen LogP contribution in [-0.2, 0) is 23.2 Å². The average Bonchev–Trinajstić information content (AvgIpc) is 2.66. The Morgan fingerprint density at radius 1 is 1.04 bits per heavy atom. The highest BCUT2D eigenvalue weighted by Gasteiger charge is 2.07. The number of nitrogens with two attached hydrogens (primary N) is 1. The molecule has 0 radical (unpaired) electrons. The van der Waals surface area contributed by atoms with Gasteiger partial charge >= 0.3 is 0 Å². The van der Waals surface area contributed by atoms with Crippen molar-refractivity contribution in [1.29, 1.82) is 0 Å². The Labute approximate surface area is 168 Å². The van der Waals surface area contributed by atoms with Gasteiger partial charge < -0.3 is 10.1 Å². The van der Waals surface area contributed by atoms with Gasteiger partial charge in [-0.3, -0.25) is 0 Å². The Bertz CT molecular complexity index is 1070. The number of ether oxygens (including phenoxy) is 1. The Hall–Kier alpha value is -2.61. The highest BCUT2D eigenvalue weighted by atomic mass is 35.5. The first kappa shape index (κ1) is 20.1. The SMILES string of the molecule is NS(=O)(=O)c1ccc(NCc2cccc(OCc3ccc(F)cc3Cl)c2)cc1. The quantitative estimate of drug-likeness (QED) is 0.596. The van der Waals surface area contributed by atoms with Crippen molar-refractivity contribution in [3.8, 4) is 5.75 Å². The van der Waals surface area contributed by atoms with E-state index in [1.807, 2.05) is 24.3 Å². The van der Waals surface area contributed by atoms with Gasteiger partial charge in [0.1, 0.15) is 18.2 Å². The summed E-state index contributed by atoms with van der Waals surface area (Å²) in [5, 5.41) is 8.61. The number of primary sulfonamides is 1. The predicted octanol–water partition coefficient (Wildman–Crippen LogP) is 4.32. The third-order valence-corrected chi connectivity index (χ3v) is 5.27. The average molecular weight is 421 g/mol. The molecule has 0 saturated carbocycles. The van der Waals surface area contributed by atoms with Crippen molar-refractivity contribution in [1.82, 2.24) is 0 Å². The van der Waals surface area contributed by atoms with E-state index in [2.05, 4.69) is 5.32 Å². The van der Waals surface area contributed by atoms with E-state index < -0.39 is 10.0 Å². The summed E-state index contributed by atoms with van der Waals surface area (Å²) in [5.74, 6) is 0.267. The van der Waals surface area contributed by atoms with E-state index in [9.17, 15) is 12.8 Å². The zero-order chi connectivity index (χ0) is 20.1. The first-order chi connectivity index (χ1) is 13.3. The van der Waals surface area contributed by atoms with Gasteiger partial charge in [-0.05, 0) is 54.1 Å². The van der Waals surface area contributed by atoms with Crippen LogP contribution < -0.4 is 15.2 Å². The van der Waals surface area contributed by atoms with Gasteiger partial charge in [0.25, 0.3) is 0 Å². The summed E-state index contributed by atoms with van der Waals surface area (Å²) in [4.78, 5) is 0.0629. The maximum absolute atomic E-state index is 13.1. The molecule has 0 unspecified atom stereocenters. The summed E-state index contributed by atoms with van der Waals surface area (Å²) < 4.78 is 41.4. The minimum Gasteiger partial charge on any atom is -0.489 e. The number of hydrogen-bond donors (Lipinski definition) is 2. The first-order valence-electron chi connectivity index (χ1n) is 8.34. The van der Waals surface area contributed by atoms with Crippen molar-refractivity contribution in [3.63, 3.8) is 0 Å². The fraction of sp³-hybridized carbons (Fsp3) is 0.100. The van der Waals surface area contributed by atoms with Crippen LogP contribution >= 0.6 is 11.6 Å². The van der Waals surface area contributed by atoms with Crippen molar-refractivity contribution in [2.45, 2.75) is 18.0 Å². The van der Waals surface area contributed by atoms with Crippen LogP contribution in [0.2, 0.25) is 5.02 Å². The summed E-state index contributed by atoms with van der Waals surface area (Å²) in [5.41, 5.74) is 2.43. The van der Waals surface area contributed by atoms with E-state index in [0.29, 0.717) is 22.9 Å². The van der Waals surface area contributed by atoms with Crippen molar-refractivity contribution in [2.24, 2.45) is 5.14 Å². The Balaban J connectivity index is 1.60. The largest absolute Gasteiger partial charge is 0.489 e. The molecule has 0 atom stereocenters. The molecule has 0 bridgehead atoms. The lowest BCUT2D eigenvalue weighted by Gasteiger charge is -2.11. The van der Waals surface area contributed by atoms with Gasteiger partial charge in [0.15, 0.2) is 0 Å². The highest BCUT2D eigenvalue weighted by Crippen LogP contribution is 2.21. The number of benzene rings is 3. The normalized spacial score (nSPS) is 11.2. The third-order valence-electron chi connectivity index (χ3n) is 3.99. The van der Waals surface area contributed by atoms with Gasteiger partial charge in [-0.15, -0.1) is 0 Å². The molecule has 0 aromatic heterocycles. The molecule has 0 aliphatic heterocycles. The summed E-state index contributed by atoms with van der Waals surface area (Å²) >= 11 is 6.01. The third kappa shape index (κ3) is 5.45. The van der Waals surface area contributed by atoms with E-state index in [0.717, 1.165) is 11.3 Å². The highest BCUT2D eigenvalue weighted by molar-refractivity contribution is 7.89. The second kappa shape index (κ2) is 8.60. The van der Waals surface area contributed by atoms with Gasteiger partial charge in [0.05, 0.1) is 9.92 Å². The molecular formula is C20H18ClFN2O3S. The minimum atomic E-state index is -3.70. The lowest BCUT2D eigenvalue weighted by atomic mass is 10.2. The summed E-state index contributed by atoms with van der Waals surface area (Å²) in [6.45, 7) is 0.744. The summed E-state index contributed by atoms with van der Waals surface area (Å²) in [6.07, 6.45) is 0. The second-order valence-corrected chi connectivity index (χ2v) is 8.06. The molecule has 0 fully saturated rings. The van der Waals surface area contributed by atoms with Crippen molar-refractivity contribution in [2.75, 3.05) is 5.32 Å². The van der Waals surface area contributed by atoms with Gasteiger partial charge in [0.2, 0.25) is 10.0 Å². The number of nitrogens with one attached hydrogen (secondary N) is 1. The molecule has 28 heavy (non-hydrogen) atoms. The van der Waals surface area contributed by atoms with Crippen LogP contribution in [-0.4, -0.2) is 8.42 Å². The van der Waals surface area contributed by atoms with E-state index in [4.69, 9.17) is 21.5 Å². The lowest BCUT2D eigenvalue weighted by molar-refractivity contribution is 0.306. The molecule has 8 heteroatoms. The minimum absolute atomic E-state index is 0.0629. The molecule has 0 aliphatic carbocycles. The fourth-order valence-electron chi connectivity index (χ4n) is 2.51. The van der Waals surface area contributed by atoms with Gasteiger partial charge in [-0.1, -0.05) is 29.8 Å². The van der Waals surface area contributed by atoms with Crippen molar-refractivity contribution >= 4 is 27.3 Å². The van der Waals surface area contributed by atoms with Crippen LogP contribution in [0.25, 0.3) is 0 Å². The van der Waals surface area contributed by atoms with Crippen LogP contribution in [0, 0.1) is 5.82 Å². The van der Waals surface area contributed by atoms with E-state index in [1.54, 1.807) is 18.2 Å². The fourth-order valence-corrected chi connectivity index (χ4v) is 3.25. The molecule has 3 N–H and O–H groups in total. The molecular weight excluding hydrogens is 403 g/mol. The van der Waals surface area contributed by atoms with Crippen LogP contribution in [0.15, 0.2) is 71.6 Å². The standard InChI is InChI=1S/C20H18ClFN2O3S/c21-20-11-16(22)5-4-15(20)13-27-18-3-1-2-14(10-18)12-24-17-6-8-19(9-7-17)28(23,25)26/h1-11,24H,12-13H2,(H2,23,25,26). The number of anilines is 1. The second-order valence-electron chi connectivity index (χ2n) is 6.09. The molecule has 146 valence electrons. The summed E-state index contributed by atoms with van der Waals surface area (Å²) in [6, 6.07) is 17.9. The molecule has 0 aliphatic rings. The molecule has 0 saturated heterocycles. The Kier molecular flexibility index (Phi) is 6.18. The zero-order valence-corrected chi connectivity index (χ0v) is 16.3. The molecule has 0 amide bonds. The van der Waals surface area contributed by atoms with Crippen molar-refractivity contribution < 1.29 is 17.5 Å². The Morgan fingerprint density at radius 2 is 1.79 bits per heavy atom. The first-order valence-corrected chi connectivity index (χ1v) is 10.3. The van der Waals surface area contributed by atoms with Crippen LogP contribution in [0.4, 0.5) is 10.1 Å². The maximum atomic E-state index is 13.1. The van der Waals surface area contributed by atoms with Gasteiger partial charge in [-0.2, -0.15) is 0 Å². The molecule has 3 aromatic carbocycles. The molecule has 0 spiro atoms. The maximum Gasteiger partial charge on any atom is 0.238 e. The monoisotopic (exact) mass is 420 g/mol. The lowest BCUT2D eigenvalue weighted by Crippen LogP contribution is -2.12. The molecule has 3 rings (SSSR count). The van der Waals surface area contributed by atoms with Crippen LogP contribution in [0.5, 0.6) is 5.75 Å². The zero-order valence-electron chi connectivity index (χ0n) is 14.7. The van der Waals surface area contributed by atoms with E-state index >= 15 is 0 Å². The number of rotatable bonds is 7. The van der Waals surface area contributed by atoms with Crippen molar-refractivity contribution in [3.05, 3.63) is 88.7 Å². The van der Waals surface area contributed by atoms with E-state index in [-0.39, 0.29) is 17.3 Å². The summed E-state index contributed by atoms with van der Waals surface area (Å²) in [7, 11) is -3.70. The smallest absolute Gasteiger partial charge is 0.238 e. The molecule has 5 nitrogen and oxygen atoms in total. The number of sulfonamides is 1. The van der Waals surface area contributed by atoms with Crippen LogP contribution in [0.1, 0.15) is 11.1 Å². The van der Waals surface area contributed by atoms with Gasteiger partial charge in [0, 0.05) is 17.8 Å².